The molecule has 0 radical (unpaired) electrons. The van der Waals surface area contributed by atoms with Crippen LogP contribution >= 0.6 is 0 Å². The van der Waals surface area contributed by atoms with Crippen molar-refractivity contribution in [3.63, 3.8) is 0 Å². The lowest BCUT2D eigenvalue weighted by molar-refractivity contribution is 0.0657. The predicted molar refractivity (Wildman–Crippen MR) is 71.3 cm³/mol. The number of ether oxygens (including phenoxy) is 1. The standard InChI is InChI=1S/C14H28N2O/c1-13(2,3)12-10-16(8-5-7-15-12)14(4)6-9-17-11-14/h12,15H,5-11H2,1-4H3. The molecule has 3 nitrogen and oxygen atoms in total. The van der Waals surface area contributed by atoms with Crippen LogP contribution in [0.15, 0.2) is 0 Å². The molecule has 0 aromatic carbocycles. The van der Waals surface area contributed by atoms with E-state index >= 15 is 0 Å². The van der Waals surface area contributed by atoms with Gasteiger partial charge in [-0.3, -0.25) is 4.90 Å². The summed E-state index contributed by atoms with van der Waals surface area (Å²) in [5, 5.41) is 3.71. The molecule has 1 N–H and O–H groups in total. The van der Waals surface area contributed by atoms with Crippen molar-refractivity contribution in [1.82, 2.24) is 10.2 Å². The number of nitrogens with one attached hydrogen (secondary N) is 1. The first-order chi connectivity index (χ1) is 7.92. The highest BCUT2D eigenvalue weighted by atomic mass is 16.5. The molecule has 0 saturated carbocycles. The minimum atomic E-state index is 0.273. The van der Waals surface area contributed by atoms with Crippen LogP contribution < -0.4 is 5.32 Å². The SMILES string of the molecule is CC(C)(C)C1CN(C2(C)CCOC2)CCCN1. The van der Waals surface area contributed by atoms with Gasteiger partial charge in [0.15, 0.2) is 0 Å². The average Bonchev–Trinajstić information content (AvgIpc) is 2.54. The molecule has 0 aromatic heterocycles. The fraction of sp³-hybridized carbons (Fsp3) is 1.00. The molecule has 2 rings (SSSR count). The third-order valence-electron chi connectivity index (χ3n) is 4.41. The molecule has 2 atom stereocenters. The maximum Gasteiger partial charge on any atom is 0.0648 e. The lowest BCUT2D eigenvalue weighted by atomic mass is 9.85. The Morgan fingerprint density at radius 3 is 2.71 bits per heavy atom. The minimum Gasteiger partial charge on any atom is -0.379 e. The van der Waals surface area contributed by atoms with Crippen molar-refractivity contribution in [1.29, 1.82) is 0 Å². The van der Waals surface area contributed by atoms with Crippen molar-refractivity contribution in [2.24, 2.45) is 5.41 Å². The first-order valence-electron chi connectivity index (χ1n) is 6.98. The van der Waals surface area contributed by atoms with E-state index in [9.17, 15) is 0 Å². The van der Waals surface area contributed by atoms with Gasteiger partial charge in [0, 0.05) is 31.3 Å². The molecule has 2 saturated heterocycles. The average molecular weight is 240 g/mol. The second-order valence-corrected chi connectivity index (χ2v) is 6.97. The van der Waals surface area contributed by atoms with Gasteiger partial charge in [0.25, 0.3) is 0 Å². The van der Waals surface area contributed by atoms with E-state index in [0.29, 0.717) is 11.5 Å². The molecule has 3 heteroatoms. The molecule has 0 spiro atoms. The zero-order valence-electron chi connectivity index (χ0n) is 11.9. The Balaban J connectivity index is 2.07. The zero-order valence-corrected chi connectivity index (χ0v) is 11.9. The molecular weight excluding hydrogens is 212 g/mol. The van der Waals surface area contributed by atoms with E-state index in [0.717, 1.165) is 26.3 Å². The Kier molecular flexibility index (Phi) is 3.81. The number of nitrogens with zero attached hydrogens (tertiary/aromatic N) is 1. The van der Waals surface area contributed by atoms with Crippen LogP contribution in [0.25, 0.3) is 0 Å². The van der Waals surface area contributed by atoms with Crippen molar-refractivity contribution in [3.05, 3.63) is 0 Å². The van der Waals surface area contributed by atoms with Crippen LogP contribution in [-0.2, 0) is 4.74 Å². The summed E-state index contributed by atoms with van der Waals surface area (Å²) in [6.07, 6.45) is 2.44. The highest BCUT2D eigenvalue weighted by Crippen LogP contribution is 2.30. The van der Waals surface area contributed by atoms with Gasteiger partial charge in [-0.2, -0.15) is 0 Å². The van der Waals surface area contributed by atoms with Gasteiger partial charge in [-0.05, 0) is 31.7 Å². The molecule has 100 valence electrons. The summed E-state index contributed by atoms with van der Waals surface area (Å²) >= 11 is 0. The summed E-state index contributed by atoms with van der Waals surface area (Å²) in [4.78, 5) is 2.66. The summed E-state index contributed by atoms with van der Waals surface area (Å²) in [6.45, 7) is 14.7. The molecule has 2 fully saturated rings. The summed E-state index contributed by atoms with van der Waals surface area (Å²) < 4.78 is 5.61. The summed E-state index contributed by atoms with van der Waals surface area (Å²) in [5.41, 5.74) is 0.605. The second kappa shape index (κ2) is 4.87. The monoisotopic (exact) mass is 240 g/mol. The van der Waals surface area contributed by atoms with Crippen LogP contribution in [0.4, 0.5) is 0 Å². The highest BCUT2D eigenvalue weighted by Gasteiger charge is 2.39. The Morgan fingerprint density at radius 1 is 1.35 bits per heavy atom. The van der Waals surface area contributed by atoms with Crippen LogP contribution in [0, 0.1) is 5.41 Å². The maximum atomic E-state index is 5.61. The van der Waals surface area contributed by atoms with Crippen LogP contribution in [0.2, 0.25) is 0 Å². The van der Waals surface area contributed by atoms with Crippen molar-refractivity contribution in [2.45, 2.75) is 52.1 Å². The highest BCUT2D eigenvalue weighted by molar-refractivity contribution is 4.95. The van der Waals surface area contributed by atoms with Crippen LogP contribution in [0.5, 0.6) is 0 Å². The van der Waals surface area contributed by atoms with Crippen molar-refractivity contribution in [2.75, 3.05) is 32.8 Å². The molecule has 2 heterocycles. The van der Waals surface area contributed by atoms with Gasteiger partial charge < -0.3 is 10.1 Å². The van der Waals surface area contributed by atoms with Gasteiger partial charge in [0.1, 0.15) is 0 Å². The molecular formula is C14H28N2O. The Morgan fingerprint density at radius 2 is 2.12 bits per heavy atom. The fourth-order valence-electron chi connectivity index (χ4n) is 2.90. The van der Waals surface area contributed by atoms with Gasteiger partial charge in [-0.15, -0.1) is 0 Å². The molecule has 0 amide bonds. The lowest BCUT2D eigenvalue weighted by Crippen LogP contribution is -2.53. The Labute approximate surface area is 106 Å². The van der Waals surface area contributed by atoms with Crippen LogP contribution in [0.1, 0.15) is 40.5 Å². The van der Waals surface area contributed by atoms with Crippen LogP contribution in [0.3, 0.4) is 0 Å². The zero-order chi connectivity index (χ0) is 12.5. The summed E-state index contributed by atoms with van der Waals surface area (Å²) in [7, 11) is 0. The van der Waals surface area contributed by atoms with Gasteiger partial charge in [0.2, 0.25) is 0 Å². The number of hydrogen-bond donors (Lipinski definition) is 1. The first-order valence-corrected chi connectivity index (χ1v) is 6.98. The van der Waals surface area contributed by atoms with E-state index in [1.165, 1.54) is 19.4 Å². The van der Waals surface area contributed by atoms with E-state index in [1.54, 1.807) is 0 Å². The third kappa shape index (κ3) is 3.01. The van der Waals surface area contributed by atoms with E-state index < -0.39 is 0 Å². The summed E-state index contributed by atoms with van der Waals surface area (Å²) in [6, 6.07) is 0.586. The molecule has 2 aliphatic rings. The molecule has 2 aliphatic heterocycles. The van der Waals surface area contributed by atoms with Crippen LogP contribution in [-0.4, -0.2) is 49.3 Å². The van der Waals surface area contributed by atoms with Gasteiger partial charge in [-0.25, -0.2) is 0 Å². The van der Waals surface area contributed by atoms with Crippen molar-refractivity contribution >= 4 is 0 Å². The predicted octanol–water partition coefficient (Wildman–Crippen LogP) is 1.88. The van der Waals surface area contributed by atoms with E-state index in [2.05, 4.69) is 37.9 Å². The maximum absolute atomic E-state index is 5.61. The Bertz CT molecular complexity index is 253. The first kappa shape index (κ1) is 13.3. The van der Waals surface area contributed by atoms with Gasteiger partial charge in [0.05, 0.1) is 6.61 Å². The van der Waals surface area contributed by atoms with Crippen molar-refractivity contribution < 1.29 is 4.74 Å². The van der Waals surface area contributed by atoms with Gasteiger partial charge in [-0.1, -0.05) is 20.8 Å². The largest absolute Gasteiger partial charge is 0.379 e. The molecule has 0 aliphatic carbocycles. The second-order valence-electron chi connectivity index (χ2n) is 6.97. The molecule has 17 heavy (non-hydrogen) atoms. The van der Waals surface area contributed by atoms with E-state index in [4.69, 9.17) is 4.74 Å². The number of rotatable bonds is 1. The van der Waals surface area contributed by atoms with E-state index in [-0.39, 0.29) is 5.54 Å². The molecule has 0 bridgehead atoms. The summed E-state index contributed by atoms with van der Waals surface area (Å²) in [5.74, 6) is 0. The van der Waals surface area contributed by atoms with Crippen molar-refractivity contribution in [3.8, 4) is 0 Å². The molecule has 2 unspecified atom stereocenters. The Hall–Kier alpha value is -0.120. The number of hydrogen-bond acceptors (Lipinski definition) is 3. The smallest absolute Gasteiger partial charge is 0.0648 e. The molecule has 0 aromatic rings. The fourth-order valence-corrected chi connectivity index (χ4v) is 2.90. The minimum absolute atomic E-state index is 0.273. The van der Waals surface area contributed by atoms with E-state index in [1.807, 2.05) is 0 Å². The topological polar surface area (TPSA) is 24.5 Å². The normalized spacial score (nSPS) is 37.1. The van der Waals surface area contributed by atoms with Gasteiger partial charge >= 0.3 is 0 Å². The third-order valence-corrected chi connectivity index (χ3v) is 4.41. The quantitative estimate of drug-likeness (QED) is 0.757. The lowest BCUT2D eigenvalue weighted by Gasteiger charge is -2.41.